The maximum absolute atomic E-state index is 3.48. The molecule has 2 rings (SSSR count). The lowest BCUT2D eigenvalue weighted by atomic mass is 10.00. The molecule has 1 heteroatoms. The first-order valence-electron chi connectivity index (χ1n) is 4.90. The quantitative estimate of drug-likeness (QED) is 0.663. The molecule has 0 aliphatic carbocycles. The molecule has 0 aliphatic rings. The van der Waals surface area contributed by atoms with Crippen LogP contribution in [0.4, 0.5) is 0 Å². The monoisotopic (exact) mass is 207 g/mol. The zero-order valence-corrected chi connectivity index (χ0v) is 9.35. The van der Waals surface area contributed by atoms with Crippen LogP contribution in [0.5, 0.6) is 0 Å². The lowest BCUT2D eigenvalue weighted by molar-refractivity contribution is 1.55. The third-order valence-corrected chi connectivity index (χ3v) is 2.60. The van der Waals surface area contributed by atoms with Gasteiger partial charge in [0.1, 0.15) is 0 Å². The number of hydrogen-bond donors (Lipinski definition) is 0. The van der Waals surface area contributed by atoms with Gasteiger partial charge in [0.2, 0.25) is 0 Å². The maximum atomic E-state index is 3.48. The molecular formula is C14H11Si. The molecule has 0 heterocycles. The second-order valence-corrected chi connectivity index (χ2v) is 3.58. The molecule has 0 atom stereocenters. The Labute approximate surface area is 93.7 Å². The van der Waals surface area contributed by atoms with Crippen LogP contribution in [0.25, 0.3) is 5.57 Å². The molecule has 2 aromatic rings. The van der Waals surface area contributed by atoms with Crippen molar-refractivity contribution in [3.63, 3.8) is 0 Å². The Balaban J connectivity index is 2.44. The minimum Gasteiger partial charge on any atom is -0.0937 e. The molecule has 71 valence electrons. The van der Waals surface area contributed by atoms with Gasteiger partial charge in [-0.15, -0.1) is 0 Å². The molecule has 0 N–H and O–H groups in total. The van der Waals surface area contributed by atoms with Crippen LogP contribution in [0, 0.1) is 0 Å². The van der Waals surface area contributed by atoms with E-state index in [1.54, 1.807) is 0 Å². The zero-order valence-electron chi connectivity index (χ0n) is 8.35. The Kier molecular flexibility index (Phi) is 3.15. The Morgan fingerprint density at radius 3 is 1.47 bits per heavy atom. The van der Waals surface area contributed by atoms with Crippen LogP contribution in [0.2, 0.25) is 0 Å². The minimum atomic E-state index is 1.20. The van der Waals surface area contributed by atoms with Crippen molar-refractivity contribution < 1.29 is 0 Å². The van der Waals surface area contributed by atoms with Crippen molar-refractivity contribution in [1.29, 1.82) is 0 Å². The van der Waals surface area contributed by atoms with Crippen molar-refractivity contribution >= 4 is 15.8 Å². The average Bonchev–Trinajstić information content (AvgIpc) is 2.33. The summed E-state index contributed by atoms with van der Waals surface area (Å²) in [5, 5.41) is 0. The summed E-state index contributed by atoms with van der Waals surface area (Å²) in [5.74, 6) is 0. The van der Waals surface area contributed by atoms with Gasteiger partial charge in [-0.05, 0) is 16.7 Å². The van der Waals surface area contributed by atoms with Crippen LogP contribution >= 0.6 is 0 Å². The predicted octanol–water partition coefficient (Wildman–Crippen LogP) is 3.24. The Morgan fingerprint density at radius 1 is 0.733 bits per heavy atom. The molecule has 3 radical (unpaired) electrons. The van der Waals surface area contributed by atoms with E-state index >= 15 is 0 Å². The third kappa shape index (κ3) is 2.25. The number of rotatable bonds is 2. The lowest BCUT2D eigenvalue weighted by Gasteiger charge is -2.06. The van der Waals surface area contributed by atoms with Gasteiger partial charge in [0.15, 0.2) is 0 Å². The maximum Gasteiger partial charge on any atom is 0.0609 e. The zero-order chi connectivity index (χ0) is 10.5. The molecule has 0 aliphatic heterocycles. The molecule has 0 aromatic heterocycles. The van der Waals surface area contributed by atoms with Crippen LogP contribution in [0.15, 0.2) is 66.4 Å². The second-order valence-electron chi connectivity index (χ2n) is 3.29. The van der Waals surface area contributed by atoms with Gasteiger partial charge < -0.3 is 0 Å². The van der Waals surface area contributed by atoms with Crippen LogP contribution in [-0.4, -0.2) is 10.2 Å². The van der Waals surface area contributed by atoms with Gasteiger partial charge >= 0.3 is 0 Å². The Bertz CT molecular complexity index is 402. The molecule has 2 aromatic carbocycles. The summed E-state index contributed by atoms with van der Waals surface area (Å²) < 4.78 is 0. The van der Waals surface area contributed by atoms with Crippen molar-refractivity contribution in [3.8, 4) is 0 Å². The van der Waals surface area contributed by atoms with E-state index in [0.717, 1.165) is 0 Å². The van der Waals surface area contributed by atoms with Crippen LogP contribution in [0.1, 0.15) is 11.1 Å². The molecule has 0 unspecified atom stereocenters. The molecule has 0 bridgehead atoms. The molecule has 0 amide bonds. The van der Waals surface area contributed by atoms with Crippen LogP contribution in [-0.2, 0) is 0 Å². The first kappa shape index (κ1) is 9.93. The van der Waals surface area contributed by atoms with E-state index in [0.29, 0.717) is 0 Å². The second kappa shape index (κ2) is 4.76. The lowest BCUT2D eigenvalue weighted by Crippen LogP contribution is -1.87. The topological polar surface area (TPSA) is 0 Å². The summed E-state index contributed by atoms with van der Waals surface area (Å²) in [6.07, 6.45) is 0. The van der Waals surface area contributed by atoms with E-state index in [9.17, 15) is 0 Å². The molecule has 15 heavy (non-hydrogen) atoms. The van der Waals surface area contributed by atoms with Gasteiger partial charge in [-0.3, -0.25) is 0 Å². The third-order valence-electron chi connectivity index (χ3n) is 2.31. The van der Waals surface area contributed by atoms with E-state index < -0.39 is 0 Å². The highest BCUT2D eigenvalue weighted by Gasteiger charge is 2.01. The van der Waals surface area contributed by atoms with Crippen molar-refractivity contribution in [2.75, 3.05) is 0 Å². The van der Waals surface area contributed by atoms with Gasteiger partial charge in [-0.2, -0.15) is 0 Å². The Morgan fingerprint density at radius 2 is 1.13 bits per heavy atom. The van der Waals surface area contributed by atoms with E-state index in [1.807, 2.05) is 42.1 Å². The van der Waals surface area contributed by atoms with Crippen molar-refractivity contribution in [3.05, 3.63) is 77.5 Å². The highest BCUT2D eigenvalue weighted by Crippen LogP contribution is 2.21. The van der Waals surface area contributed by atoms with Crippen molar-refractivity contribution in [2.45, 2.75) is 0 Å². The molecule has 0 saturated heterocycles. The summed E-state index contributed by atoms with van der Waals surface area (Å²) in [7, 11) is 3.48. The largest absolute Gasteiger partial charge is 0.0937 e. The molecular weight excluding hydrogens is 196 g/mol. The fourth-order valence-electron chi connectivity index (χ4n) is 1.57. The summed E-state index contributed by atoms with van der Waals surface area (Å²) in [6.45, 7) is 0. The number of benzene rings is 2. The number of hydrogen-bond acceptors (Lipinski definition) is 0. The van der Waals surface area contributed by atoms with Gasteiger partial charge in [0.05, 0.1) is 10.2 Å². The highest BCUT2D eigenvalue weighted by atomic mass is 28.1. The van der Waals surface area contributed by atoms with E-state index in [-0.39, 0.29) is 0 Å². The van der Waals surface area contributed by atoms with Crippen molar-refractivity contribution in [1.82, 2.24) is 0 Å². The molecule has 0 fully saturated rings. The summed E-state index contributed by atoms with van der Waals surface area (Å²) in [5.41, 5.74) is 5.61. The fourth-order valence-corrected chi connectivity index (χ4v) is 1.90. The summed E-state index contributed by atoms with van der Waals surface area (Å²) in [6, 6.07) is 20.7. The smallest absolute Gasteiger partial charge is 0.0609 e. The fraction of sp³-hybridized carbons (Fsp3) is 0. The first-order chi connectivity index (χ1) is 7.42. The SMILES string of the molecule is [Si]C=C(c1ccccc1)c1ccccc1. The van der Waals surface area contributed by atoms with Crippen molar-refractivity contribution in [2.24, 2.45) is 0 Å². The predicted molar refractivity (Wildman–Crippen MR) is 65.7 cm³/mol. The first-order valence-corrected chi connectivity index (χ1v) is 5.48. The van der Waals surface area contributed by atoms with Gasteiger partial charge in [-0.1, -0.05) is 66.4 Å². The summed E-state index contributed by atoms with van der Waals surface area (Å²) >= 11 is 0. The highest BCUT2D eigenvalue weighted by molar-refractivity contribution is 6.21. The van der Waals surface area contributed by atoms with Crippen LogP contribution < -0.4 is 0 Å². The normalized spacial score (nSPS) is 9.67. The van der Waals surface area contributed by atoms with E-state index in [1.165, 1.54) is 16.7 Å². The van der Waals surface area contributed by atoms with Gasteiger partial charge in [-0.25, -0.2) is 0 Å². The van der Waals surface area contributed by atoms with Gasteiger partial charge in [0.25, 0.3) is 0 Å². The van der Waals surface area contributed by atoms with E-state index in [2.05, 4.69) is 34.5 Å². The summed E-state index contributed by atoms with van der Waals surface area (Å²) in [4.78, 5) is 0. The van der Waals surface area contributed by atoms with Gasteiger partial charge in [0, 0.05) is 0 Å². The molecule has 0 nitrogen and oxygen atoms in total. The average molecular weight is 207 g/mol. The minimum absolute atomic E-state index is 1.20. The van der Waals surface area contributed by atoms with E-state index in [4.69, 9.17) is 0 Å². The molecule has 0 saturated carbocycles. The molecule has 0 spiro atoms. The Hall–Kier alpha value is -1.60. The van der Waals surface area contributed by atoms with Crippen LogP contribution in [0.3, 0.4) is 0 Å². The standard InChI is InChI=1S/C14H11Si/c15-11-14(12-7-3-1-4-8-12)13-9-5-2-6-10-13/h1-11H.